The number of nitrogens with zero attached hydrogens (tertiary/aromatic N) is 3. The van der Waals surface area contributed by atoms with Crippen molar-refractivity contribution in [2.45, 2.75) is 0 Å². The first-order chi connectivity index (χ1) is 28.7. The molecule has 1 aromatic heterocycles. The standard InChI is InChI=1S/C55H35N3/c1-2-11-36(12-3-1)38-21-26-41(27-22-38)53-56-54(58-55(57-53)47-18-10-17-44(34-47)45-30-23-37-13-4-5-15-43(37)33-45)42-28-24-40(25-29-42)52-49-20-9-7-16-46(49)35-51-48-19-8-6-14-39(48)31-32-50(51)52/h1-35H. The fourth-order valence-electron chi connectivity index (χ4n) is 8.33. The molecule has 0 N–H and O–H groups in total. The summed E-state index contributed by atoms with van der Waals surface area (Å²) in [7, 11) is 0. The smallest absolute Gasteiger partial charge is 0.164 e. The summed E-state index contributed by atoms with van der Waals surface area (Å²) in [6, 6.07) is 75.4. The second-order valence-electron chi connectivity index (χ2n) is 14.8. The molecule has 0 fully saturated rings. The number of fused-ring (bicyclic) bond motifs is 5. The van der Waals surface area contributed by atoms with E-state index < -0.39 is 0 Å². The summed E-state index contributed by atoms with van der Waals surface area (Å²) in [5, 5.41) is 9.88. The van der Waals surface area contributed by atoms with E-state index in [1.54, 1.807) is 0 Å². The number of rotatable bonds is 6. The van der Waals surface area contributed by atoms with Crippen LogP contribution in [0.25, 0.3) is 111 Å². The van der Waals surface area contributed by atoms with E-state index in [-0.39, 0.29) is 0 Å². The van der Waals surface area contributed by atoms with Crippen molar-refractivity contribution in [1.29, 1.82) is 0 Å². The van der Waals surface area contributed by atoms with Gasteiger partial charge in [0.15, 0.2) is 17.5 Å². The highest BCUT2D eigenvalue weighted by Crippen LogP contribution is 2.40. The Labute approximate surface area is 336 Å². The minimum atomic E-state index is 0.628. The number of aromatic nitrogens is 3. The molecule has 0 aliphatic carbocycles. The molecule has 0 atom stereocenters. The molecule has 0 spiro atoms. The third-order valence-electron chi connectivity index (χ3n) is 11.3. The molecule has 0 aliphatic heterocycles. The molecule has 0 bridgehead atoms. The Morgan fingerprint density at radius 1 is 0.207 bits per heavy atom. The number of hydrogen-bond donors (Lipinski definition) is 0. The van der Waals surface area contributed by atoms with Crippen LogP contribution in [0.2, 0.25) is 0 Å². The van der Waals surface area contributed by atoms with Gasteiger partial charge < -0.3 is 0 Å². The summed E-state index contributed by atoms with van der Waals surface area (Å²) >= 11 is 0. The van der Waals surface area contributed by atoms with Gasteiger partial charge in [0.25, 0.3) is 0 Å². The largest absolute Gasteiger partial charge is 0.208 e. The normalized spacial score (nSPS) is 11.4. The van der Waals surface area contributed by atoms with Gasteiger partial charge in [-0.05, 0) is 94.7 Å². The summed E-state index contributed by atoms with van der Waals surface area (Å²) in [6.07, 6.45) is 0. The maximum atomic E-state index is 5.16. The summed E-state index contributed by atoms with van der Waals surface area (Å²) < 4.78 is 0. The van der Waals surface area contributed by atoms with Crippen molar-refractivity contribution in [3.63, 3.8) is 0 Å². The lowest BCUT2D eigenvalue weighted by Gasteiger charge is -2.14. The average Bonchev–Trinajstić information content (AvgIpc) is 3.31. The third-order valence-corrected chi connectivity index (χ3v) is 11.3. The van der Waals surface area contributed by atoms with E-state index in [1.807, 2.05) is 6.07 Å². The second kappa shape index (κ2) is 14.1. The summed E-state index contributed by atoms with van der Waals surface area (Å²) in [6.45, 7) is 0. The van der Waals surface area contributed by atoms with E-state index in [4.69, 9.17) is 15.0 Å². The van der Waals surface area contributed by atoms with Crippen LogP contribution in [0, 0.1) is 0 Å². The Morgan fingerprint density at radius 3 is 1.43 bits per heavy atom. The van der Waals surface area contributed by atoms with E-state index in [0.29, 0.717) is 17.5 Å². The summed E-state index contributed by atoms with van der Waals surface area (Å²) in [5.41, 5.74) is 9.74. The van der Waals surface area contributed by atoms with Crippen LogP contribution in [0.3, 0.4) is 0 Å². The first kappa shape index (κ1) is 33.6. The zero-order valence-corrected chi connectivity index (χ0v) is 31.5. The Kier molecular flexibility index (Phi) is 8.15. The molecule has 1 heterocycles. The van der Waals surface area contributed by atoms with Crippen LogP contribution >= 0.6 is 0 Å². The van der Waals surface area contributed by atoms with Crippen LogP contribution in [-0.4, -0.2) is 15.0 Å². The lowest BCUT2D eigenvalue weighted by atomic mass is 9.89. The average molecular weight is 738 g/mol. The number of hydrogen-bond acceptors (Lipinski definition) is 3. The van der Waals surface area contributed by atoms with Crippen molar-refractivity contribution in [3.8, 4) is 67.5 Å². The molecule has 0 amide bonds. The van der Waals surface area contributed by atoms with Crippen LogP contribution in [0.5, 0.6) is 0 Å². The van der Waals surface area contributed by atoms with Crippen LogP contribution in [0.1, 0.15) is 0 Å². The van der Waals surface area contributed by atoms with Crippen molar-refractivity contribution >= 4 is 43.1 Å². The Bertz CT molecular complexity index is 3320. The van der Waals surface area contributed by atoms with Crippen LogP contribution in [-0.2, 0) is 0 Å². The van der Waals surface area contributed by atoms with E-state index in [2.05, 4.69) is 206 Å². The van der Waals surface area contributed by atoms with E-state index >= 15 is 0 Å². The van der Waals surface area contributed by atoms with Crippen molar-refractivity contribution in [1.82, 2.24) is 15.0 Å². The molecule has 0 radical (unpaired) electrons. The van der Waals surface area contributed by atoms with Crippen LogP contribution < -0.4 is 0 Å². The lowest BCUT2D eigenvalue weighted by molar-refractivity contribution is 1.07. The molecule has 58 heavy (non-hydrogen) atoms. The van der Waals surface area contributed by atoms with Gasteiger partial charge in [-0.15, -0.1) is 0 Å². The fourth-order valence-corrected chi connectivity index (χ4v) is 8.33. The Morgan fingerprint density at radius 2 is 0.690 bits per heavy atom. The highest BCUT2D eigenvalue weighted by Gasteiger charge is 2.16. The van der Waals surface area contributed by atoms with Crippen molar-refractivity contribution in [2.24, 2.45) is 0 Å². The van der Waals surface area contributed by atoms with Gasteiger partial charge in [0.1, 0.15) is 0 Å². The molecular weight excluding hydrogens is 703 g/mol. The SMILES string of the molecule is c1ccc(-c2ccc(-c3nc(-c4ccc(-c5c6ccccc6cc6c5ccc5ccccc56)cc4)nc(-c4cccc(-c5ccc6ccccc6c5)c4)n3)cc2)cc1. The van der Waals surface area contributed by atoms with Gasteiger partial charge in [-0.1, -0.05) is 194 Å². The maximum Gasteiger partial charge on any atom is 0.164 e. The van der Waals surface area contributed by atoms with Crippen molar-refractivity contribution in [3.05, 3.63) is 212 Å². The van der Waals surface area contributed by atoms with Crippen LogP contribution in [0.4, 0.5) is 0 Å². The van der Waals surface area contributed by atoms with Gasteiger partial charge in [0, 0.05) is 16.7 Å². The van der Waals surface area contributed by atoms with Gasteiger partial charge >= 0.3 is 0 Å². The minimum absolute atomic E-state index is 0.628. The lowest BCUT2D eigenvalue weighted by Crippen LogP contribution is -2.00. The van der Waals surface area contributed by atoms with E-state index in [1.165, 1.54) is 54.2 Å². The fraction of sp³-hybridized carbons (Fsp3) is 0. The topological polar surface area (TPSA) is 38.7 Å². The molecule has 11 aromatic rings. The van der Waals surface area contributed by atoms with Gasteiger partial charge in [-0.25, -0.2) is 15.0 Å². The first-order valence-corrected chi connectivity index (χ1v) is 19.7. The second-order valence-corrected chi connectivity index (χ2v) is 14.8. The van der Waals surface area contributed by atoms with Gasteiger partial charge in [0.05, 0.1) is 0 Å². The molecule has 11 rings (SSSR count). The van der Waals surface area contributed by atoms with Crippen molar-refractivity contribution in [2.75, 3.05) is 0 Å². The molecular formula is C55H35N3. The Hall–Kier alpha value is -7.75. The van der Waals surface area contributed by atoms with E-state index in [9.17, 15) is 0 Å². The highest BCUT2D eigenvalue weighted by atomic mass is 15.0. The predicted molar refractivity (Wildman–Crippen MR) is 242 cm³/mol. The first-order valence-electron chi connectivity index (χ1n) is 19.7. The minimum Gasteiger partial charge on any atom is -0.208 e. The highest BCUT2D eigenvalue weighted by molar-refractivity contribution is 6.20. The summed E-state index contributed by atoms with van der Waals surface area (Å²) in [5.74, 6) is 1.89. The monoisotopic (exact) mass is 737 g/mol. The van der Waals surface area contributed by atoms with Gasteiger partial charge in [-0.3, -0.25) is 0 Å². The molecule has 3 nitrogen and oxygen atoms in total. The van der Waals surface area contributed by atoms with Crippen molar-refractivity contribution < 1.29 is 0 Å². The maximum absolute atomic E-state index is 5.16. The molecule has 0 saturated carbocycles. The third kappa shape index (κ3) is 6.07. The summed E-state index contributed by atoms with van der Waals surface area (Å²) in [4.78, 5) is 15.4. The zero-order chi connectivity index (χ0) is 38.4. The predicted octanol–water partition coefficient (Wildman–Crippen LogP) is 14.5. The zero-order valence-electron chi connectivity index (χ0n) is 31.5. The molecule has 270 valence electrons. The molecule has 3 heteroatoms. The molecule has 0 saturated heterocycles. The molecule has 10 aromatic carbocycles. The van der Waals surface area contributed by atoms with Gasteiger partial charge in [-0.2, -0.15) is 0 Å². The van der Waals surface area contributed by atoms with Gasteiger partial charge in [0.2, 0.25) is 0 Å². The quantitative estimate of drug-likeness (QED) is 0.126. The molecule has 0 aliphatic rings. The molecule has 0 unspecified atom stereocenters. The Balaban J connectivity index is 1.04. The number of benzene rings is 10. The van der Waals surface area contributed by atoms with E-state index in [0.717, 1.165) is 38.9 Å². The van der Waals surface area contributed by atoms with Crippen LogP contribution in [0.15, 0.2) is 212 Å².